The Labute approximate surface area is 89.6 Å². The van der Waals surface area contributed by atoms with Crippen LogP contribution in [0.15, 0.2) is 12.1 Å². The van der Waals surface area contributed by atoms with Gasteiger partial charge in [0, 0.05) is 0 Å². The molecule has 0 spiro atoms. The van der Waals surface area contributed by atoms with Gasteiger partial charge in [0.2, 0.25) is 0 Å². The number of nitriles is 2. The van der Waals surface area contributed by atoms with Crippen molar-refractivity contribution in [2.24, 2.45) is 0 Å². The van der Waals surface area contributed by atoms with E-state index in [4.69, 9.17) is 15.6 Å². The fourth-order valence-corrected chi connectivity index (χ4v) is 1.12. The highest BCUT2D eigenvalue weighted by Gasteiger charge is 2.21. The number of hydrogen-bond acceptors (Lipinski definition) is 4. The van der Waals surface area contributed by atoms with Gasteiger partial charge in [-0.3, -0.25) is 0 Å². The van der Waals surface area contributed by atoms with Crippen molar-refractivity contribution in [3.8, 4) is 12.1 Å². The van der Waals surface area contributed by atoms with Gasteiger partial charge in [-0.15, -0.1) is 0 Å². The Bertz CT molecular complexity index is 468. The molecule has 0 heterocycles. The molecule has 0 aliphatic rings. The van der Waals surface area contributed by atoms with Crippen LogP contribution < -0.4 is 0 Å². The lowest BCUT2D eigenvalue weighted by Gasteiger charge is -2.12. The topological polar surface area (TPSA) is 88.0 Å². The number of halogens is 2. The minimum absolute atomic E-state index is 0.303. The normalized spacial score (nSPS) is 13.6. The van der Waals surface area contributed by atoms with Crippen LogP contribution in [0.2, 0.25) is 0 Å². The number of nitrogens with zero attached hydrogens (tertiary/aromatic N) is 2. The van der Waals surface area contributed by atoms with E-state index in [1.807, 2.05) is 0 Å². The first-order valence-corrected chi connectivity index (χ1v) is 4.16. The molecule has 0 saturated carbocycles. The lowest BCUT2D eigenvalue weighted by atomic mass is 10.0. The Balaban J connectivity index is 3.21. The largest absolute Gasteiger partial charge is 0.385 e. The zero-order valence-electron chi connectivity index (χ0n) is 7.85. The number of aliphatic hydroxyl groups excluding tert-OH is 2. The minimum Gasteiger partial charge on any atom is -0.385 e. The zero-order valence-corrected chi connectivity index (χ0v) is 7.85. The van der Waals surface area contributed by atoms with Gasteiger partial charge in [-0.1, -0.05) is 0 Å². The van der Waals surface area contributed by atoms with E-state index in [1.165, 1.54) is 12.1 Å². The molecule has 6 heteroatoms. The smallest absolute Gasteiger partial charge is 0.170 e. The number of rotatable bonds is 2. The summed E-state index contributed by atoms with van der Waals surface area (Å²) < 4.78 is 26.2. The van der Waals surface area contributed by atoms with E-state index < -0.39 is 29.4 Å². The Morgan fingerprint density at radius 3 is 2.00 bits per heavy atom. The van der Waals surface area contributed by atoms with Gasteiger partial charge < -0.3 is 10.2 Å². The molecule has 0 aliphatic carbocycles. The molecule has 1 aromatic rings. The SMILES string of the molecule is N#Cc1c(F)cc(C(O)C(O)C#N)cc1F. The summed E-state index contributed by atoms with van der Waals surface area (Å²) in [5.74, 6) is -2.30. The molecular weight excluding hydrogens is 218 g/mol. The highest BCUT2D eigenvalue weighted by molar-refractivity contribution is 5.36. The van der Waals surface area contributed by atoms with E-state index in [2.05, 4.69) is 0 Å². The molecule has 0 radical (unpaired) electrons. The molecule has 2 unspecified atom stereocenters. The Kier molecular flexibility index (Phi) is 3.51. The van der Waals surface area contributed by atoms with Gasteiger partial charge in [-0.25, -0.2) is 8.78 Å². The van der Waals surface area contributed by atoms with E-state index in [0.29, 0.717) is 12.1 Å². The number of benzene rings is 1. The van der Waals surface area contributed by atoms with E-state index in [9.17, 15) is 13.9 Å². The van der Waals surface area contributed by atoms with Crippen LogP contribution in [-0.4, -0.2) is 16.3 Å². The predicted molar refractivity (Wildman–Crippen MR) is 47.7 cm³/mol. The van der Waals surface area contributed by atoms with Gasteiger partial charge in [0.15, 0.2) is 6.10 Å². The molecule has 1 aromatic carbocycles. The maximum Gasteiger partial charge on any atom is 0.170 e. The third-order valence-corrected chi connectivity index (χ3v) is 1.95. The van der Waals surface area contributed by atoms with E-state index in [0.717, 1.165) is 0 Å². The molecule has 2 N–H and O–H groups in total. The van der Waals surface area contributed by atoms with Crippen LogP contribution >= 0.6 is 0 Å². The van der Waals surface area contributed by atoms with Crippen LogP contribution in [0.4, 0.5) is 8.78 Å². The van der Waals surface area contributed by atoms with Crippen LogP contribution in [-0.2, 0) is 0 Å². The standard InChI is InChI=1S/C10H6F2N2O2/c11-7-1-5(10(16)9(15)4-14)2-8(12)6(7)3-13/h1-2,9-10,15-16H. The van der Waals surface area contributed by atoms with Crippen molar-refractivity contribution >= 4 is 0 Å². The highest BCUT2D eigenvalue weighted by atomic mass is 19.1. The van der Waals surface area contributed by atoms with Crippen molar-refractivity contribution in [1.29, 1.82) is 10.5 Å². The molecule has 2 atom stereocenters. The average molecular weight is 224 g/mol. The summed E-state index contributed by atoms with van der Waals surface area (Å²) in [4.78, 5) is 0. The summed E-state index contributed by atoms with van der Waals surface area (Å²) in [6.45, 7) is 0. The molecule has 0 aromatic heterocycles. The molecule has 0 fully saturated rings. The number of hydrogen-bond donors (Lipinski definition) is 2. The lowest BCUT2D eigenvalue weighted by Crippen LogP contribution is -2.16. The molecule has 4 nitrogen and oxygen atoms in total. The van der Waals surface area contributed by atoms with Gasteiger partial charge in [0.1, 0.15) is 29.4 Å². The second kappa shape index (κ2) is 4.67. The molecule has 0 bridgehead atoms. The van der Waals surface area contributed by atoms with Crippen molar-refractivity contribution < 1.29 is 19.0 Å². The number of aliphatic hydroxyl groups is 2. The summed E-state index contributed by atoms with van der Waals surface area (Å²) in [6.07, 6.45) is -3.51. The molecule has 0 aliphatic heterocycles. The van der Waals surface area contributed by atoms with Crippen LogP contribution in [0.25, 0.3) is 0 Å². The Morgan fingerprint density at radius 1 is 1.12 bits per heavy atom. The Hall–Kier alpha value is -2.02. The second-order valence-electron chi connectivity index (χ2n) is 2.99. The van der Waals surface area contributed by atoms with Crippen molar-refractivity contribution in [3.05, 3.63) is 34.9 Å². The molecular formula is C10H6F2N2O2. The average Bonchev–Trinajstić information content (AvgIpc) is 2.26. The Morgan fingerprint density at radius 2 is 1.62 bits per heavy atom. The third-order valence-electron chi connectivity index (χ3n) is 1.95. The summed E-state index contributed by atoms with van der Waals surface area (Å²) >= 11 is 0. The van der Waals surface area contributed by atoms with Crippen molar-refractivity contribution in [3.63, 3.8) is 0 Å². The van der Waals surface area contributed by atoms with Crippen LogP contribution in [0.5, 0.6) is 0 Å². The maximum atomic E-state index is 13.1. The summed E-state index contributed by atoms with van der Waals surface area (Å²) in [5, 5.41) is 35.0. The first kappa shape index (κ1) is 12.1. The van der Waals surface area contributed by atoms with Gasteiger partial charge in [0.25, 0.3) is 0 Å². The van der Waals surface area contributed by atoms with Crippen molar-refractivity contribution in [2.75, 3.05) is 0 Å². The van der Waals surface area contributed by atoms with E-state index in [-0.39, 0.29) is 5.56 Å². The first-order valence-electron chi connectivity index (χ1n) is 4.16. The fourth-order valence-electron chi connectivity index (χ4n) is 1.12. The van der Waals surface area contributed by atoms with Crippen LogP contribution in [0, 0.1) is 34.3 Å². The van der Waals surface area contributed by atoms with Crippen molar-refractivity contribution in [1.82, 2.24) is 0 Å². The molecule has 16 heavy (non-hydrogen) atoms. The molecule has 0 amide bonds. The monoisotopic (exact) mass is 224 g/mol. The van der Waals surface area contributed by atoms with Crippen LogP contribution in [0.3, 0.4) is 0 Å². The molecule has 82 valence electrons. The summed E-state index contributed by atoms with van der Waals surface area (Å²) in [6, 6.07) is 4.04. The van der Waals surface area contributed by atoms with Gasteiger partial charge in [0.05, 0.1) is 6.07 Å². The van der Waals surface area contributed by atoms with E-state index >= 15 is 0 Å². The lowest BCUT2D eigenvalue weighted by molar-refractivity contribution is 0.0524. The van der Waals surface area contributed by atoms with Gasteiger partial charge in [-0.05, 0) is 17.7 Å². The minimum atomic E-state index is -1.79. The third kappa shape index (κ3) is 2.14. The quantitative estimate of drug-likeness (QED) is 0.725. The van der Waals surface area contributed by atoms with Crippen molar-refractivity contribution in [2.45, 2.75) is 12.2 Å². The fraction of sp³-hybridized carbons (Fsp3) is 0.200. The molecule has 1 rings (SSSR count). The second-order valence-corrected chi connectivity index (χ2v) is 2.99. The first-order chi connectivity index (χ1) is 7.51. The molecule has 0 saturated heterocycles. The van der Waals surface area contributed by atoms with Crippen LogP contribution in [0.1, 0.15) is 17.2 Å². The summed E-state index contributed by atoms with van der Waals surface area (Å²) in [7, 11) is 0. The predicted octanol–water partition coefficient (Wildman–Crippen LogP) is 0.754. The highest BCUT2D eigenvalue weighted by Crippen LogP contribution is 2.21. The maximum absolute atomic E-state index is 13.1. The van der Waals surface area contributed by atoms with Gasteiger partial charge >= 0.3 is 0 Å². The van der Waals surface area contributed by atoms with E-state index in [1.54, 1.807) is 0 Å². The van der Waals surface area contributed by atoms with Gasteiger partial charge in [-0.2, -0.15) is 10.5 Å². The summed E-state index contributed by atoms with van der Waals surface area (Å²) in [5.41, 5.74) is -1.08. The zero-order chi connectivity index (χ0) is 12.3.